The van der Waals surface area contributed by atoms with Gasteiger partial charge in [-0.05, 0) is 39.2 Å². The Hall–Kier alpha value is -1.79. The molecule has 2 fully saturated rings. The van der Waals surface area contributed by atoms with E-state index in [1.165, 1.54) is 12.8 Å². The van der Waals surface area contributed by atoms with Crippen LogP contribution in [0, 0.1) is 6.92 Å². The van der Waals surface area contributed by atoms with Crippen molar-refractivity contribution in [2.75, 3.05) is 19.8 Å². The minimum absolute atomic E-state index is 0.384. The van der Waals surface area contributed by atoms with Gasteiger partial charge < -0.3 is 4.74 Å². The van der Waals surface area contributed by atoms with Crippen LogP contribution in [-0.4, -0.2) is 50.2 Å². The van der Waals surface area contributed by atoms with Crippen molar-refractivity contribution in [1.29, 1.82) is 0 Å². The molecule has 0 amide bonds. The van der Waals surface area contributed by atoms with Crippen LogP contribution in [0.2, 0.25) is 0 Å². The van der Waals surface area contributed by atoms with Gasteiger partial charge in [-0.15, -0.1) is 0 Å². The molecule has 0 radical (unpaired) electrons. The number of aromatic nitrogens is 4. The first kappa shape index (κ1) is 14.8. The maximum atomic E-state index is 5.52. The summed E-state index contributed by atoms with van der Waals surface area (Å²) in [6.07, 6.45) is 12.1. The molecule has 2 aromatic heterocycles. The van der Waals surface area contributed by atoms with Gasteiger partial charge in [0.1, 0.15) is 5.82 Å². The Labute approximate surface area is 136 Å². The summed E-state index contributed by atoms with van der Waals surface area (Å²) >= 11 is 0. The highest BCUT2D eigenvalue weighted by Crippen LogP contribution is 2.35. The SMILES string of the molecule is Cc1nccn1-c1cncc([C@H]2CCCN2C2CCOCC2)n1. The Kier molecular flexibility index (Phi) is 4.10. The zero-order chi connectivity index (χ0) is 15.6. The summed E-state index contributed by atoms with van der Waals surface area (Å²) in [5, 5.41) is 0. The van der Waals surface area contributed by atoms with Crippen LogP contribution in [0.3, 0.4) is 0 Å². The number of nitrogens with zero attached hydrogens (tertiary/aromatic N) is 5. The predicted octanol–water partition coefficient (Wildman–Crippen LogP) is 2.29. The fourth-order valence-electron chi connectivity index (χ4n) is 3.83. The van der Waals surface area contributed by atoms with E-state index in [9.17, 15) is 0 Å². The Bertz CT molecular complexity index is 665. The standard InChI is InChI=1S/C17H23N5O/c1-13-19-6-8-21(13)17-12-18-11-15(20-17)16-3-2-7-22(16)14-4-9-23-10-5-14/h6,8,11-12,14,16H,2-5,7,9-10H2,1H3/t16-/m1/s1. The number of hydrogen-bond donors (Lipinski definition) is 0. The van der Waals surface area contributed by atoms with Gasteiger partial charge in [0.25, 0.3) is 0 Å². The van der Waals surface area contributed by atoms with Crippen molar-refractivity contribution in [3.05, 3.63) is 36.3 Å². The van der Waals surface area contributed by atoms with Crippen LogP contribution in [0.5, 0.6) is 0 Å². The molecule has 0 aliphatic carbocycles. The molecule has 0 N–H and O–H groups in total. The van der Waals surface area contributed by atoms with Gasteiger partial charge in [0, 0.05) is 31.6 Å². The molecule has 122 valence electrons. The van der Waals surface area contributed by atoms with Crippen LogP contribution in [0.4, 0.5) is 0 Å². The van der Waals surface area contributed by atoms with Gasteiger partial charge in [0.15, 0.2) is 5.82 Å². The van der Waals surface area contributed by atoms with Crippen LogP contribution >= 0.6 is 0 Å². The molecular formula is C17H23N5O. The van der Waals surface area contributed by atoms with E-state index >= 15 is 0 Å². The molecule has 4 heterocycles. The lowest BCUT2D eigenvalue weighted by Gasteiger charge is -2.35. The van der Waals surface area contributed by atoms with Gasteiger partial charge >= 0.3 is 0 Å². The van der Waals surface area contributed by atoms with Gasteiger partial charge in [-0.1, -0.05) is 0 Å². The van der Waals surface area contributed by atoms with Crippen molar-refractivity contribution in [2.24, 2.45) is 0 Å². The molecule has 0 spiro atoms. The quantitative estimate of drug-likeness (QED) is 0.870. The highest BCUT2D eigenvalue weighted by molar-refractivity contribution is 5.23. The minimum atomic E-state index is 0.384. The zero-order valence-corrected chi connectivity index (χ0v) is 13.6. The van der Waals surface area contributed by atoms with E-state index in [1.807, 2.05) is 30.1 Å². The third-order valence-corrected chi connectivity index (χ3v) is 5.01. The van der Waals surface area contributed by atoms with Gasteiger partial charge in [-0.25, -0.2) is 9.97 Å². The van der Waals surface area contributed by atoms with Crippen molar-refractivity contribution in [3.8, 4) is 5.82 Å². The fraction of sp³-hybridized carbons (Fsp3) is 0.588. The summed E-state index contributed by atoms with van der Waals surface area (Å²) in [5.41, 5.74) is 1.08. The summed E-state index contributed by atoms with van der Waals surface area (Å²) in [7, 11) is 0. The molecule has 2 aliphatic heterocycles. The molecule has 2 aliphatic rings. The average Bonchev–Trinajstić information content (AvgIpc) is 3.25. The van der Waals surface area contributed by atoms with Crippen LogP contribution in [-0.2, 0) is 4.74 Å². The van der Waals surface area contributed by atoms with E-state index in [2.05, 4.69) is 14.9 Å². The summed E-state index contributed by atoms with van der Waals surface area (Å²) < 4.78 is 7.51. The van der Waals surface area contributed by atoms with Crippen molar-refractivity contribution < 1.29 is 4.74 Å². The van der Waals surface area contributed by atoms with Gasteiger partial charge in [0.05, 0.1) is 24.1 Å². The van der Waals surface area contributed by atoms with Crippen LogP contribution in [0.25, 0.3) is 5.82 Å². The smallest absolute Gasteiger partial charge is 0.156 e. The Morgan fingerprint density at radius 3 is 2.83 bits per heavy atom. The number of likely N-dealkylation sites (tertiary alicyclic amines) is 1. The molecular weight excluding hydrogens is 290 g/mol. The Balaban J connectivity index is 1.60. The van der Waals surface area contributed by atoms with Gasteiger partial charge in [0.2, 0.25) is 0 Å². The lowest BCUT2D eigenvalue weighted by Crippen LogP contribution is -2.39. The zero-order valence-electron chi connectivity index (χ0n) is 13.6. The molecule has 2 aromatic rings. The molecule has 0 bridgehead atoms. The van der Waals surface area contributed by atoms with Crippen molar-refractivity contribution >= 4 is 0 Å². The van der Waals surface area contributed by atoms with Crippen molar-refractivity contribution in [1.82, 2.24) is 24.4 Å². The van der Waals surface area contributed by atoms with Crippen molar-refractivity contribution in [2.45, 2.75) is 44.7 Å². The summed E-state index contributed by atoms with van der Waals surface area (Å²) in [6.45, 7) is 4.91. The van der Waals surface area contributed by atoms with Gasteiger partial charge in [-0.3, -0.25) is 14.5 Å². The molecule has 6 nitrogen and oxygen atoms in total. The van der Waals surface area contributed by atoms with E-state index in [0.717, 1.165) is 49.9 Å². The molecule has 4 rings (SSSR count). The average molecular weight is 313 g/mol. The van der Waals surface area contributed by atoms with Crippen LogP contribution in [0.15, 0.2) is 24.8 Å². The number of imidazole rings is 1. The second-order valence-electron chi connectivity index (χ2n) is 6.39. The molecule has 0 saturated carbocycles. The summed E-state index contributed by atoms with van der Waals surface area (Å²) in [4.78, 5) is 16.2. The second-order valence-corrected chi connectivity index (χ2v) is 6.39. The summed E-state index contributed by atoms with van der Waals surface area (Å²) in [5.74, 6) is 1.79. The highest BCUT2D eigenvalue weighted by Gasteiger charge is 2.33. The third kappa shape index (κ3) is 2.88. The third-order valence-electron chi connectivity index (χ3n) is 5.01. The van der Waals surface area contributed by atoms with E-state index in [-0.39, 0.29) is 0 Å². The lowest BCUT2D eigenvalue weighted by molar-refractivity contribution is 0.0284. The van der Waals surface area contributed by atoms with Crippen molar-refractivity contribution in [3.63, 3.8) is 0 Å². The highest BCUT2D eigenvalue weighted by atomic mass is 16.5. The number of hydrogen-bond acceptors (Lipinski definition) is 5. The maximum absolute atomic E-state index is 5.52. The fourth-order valence-corrected chi connectivity index (χ4v) is 3.83. The molecule has 2 saturated heterocycles. The molecule has 23 heavy (non-hydrogen) atoms. The number of ether oxygens (including phenoxy) is 1. The maximum Gasteiger partial charge on any atom is 0.156 e. The first-order valence-electron chi connectivity index (χ1n) is 8.48. The topological polar surface area (TPSA) is 56.1 Å². The van der Waals surface area contributed by atoms with E-state index in [4.69, 9.17) is 9.72 Å². The number of rotatable bonds is 3. The van der Waals surface area contributed by atoms with E-state index in [0.29, 0.717) is 12.1 Å². The van der Waals surface area contributed by atoms with Crippen LogP contribution in [0.1, 0.15) is 43.2 Å². The van der Waals surface area contributed by atoms with Crippen LogP contribution < -0.4 is 0 Å². The molecule has 1 atom stereocenters. The molecule has 6 heteroatoms. The van der Waals surface area contributed by atoms with E-state index < -0.39 is 0 Å². The molecule has 0 unspecified atom stereocenters. The lowest BCUT2D eigenvalue weighted by atomic mass is 10.0. The summed E-state index contributed by atoms with van der Waals surface area (Å²) in [6, 6.07) is 1.01. The monoisotopic (exact) mass is 313 g/mol. The minimum Gasteiger partial charge on any atom is -0.381 e. The Morgan fingerprint density at radius 1 is 1.17 bits per heavy atom. The first-order valence-corrected chi connectivity index (χ1v) is 8.48. The number of aryl methyl sites for hydroxylation is 1. The first-order chi connectivity index (χ1) is 11.3. The molecule has 0 aromatic carbocycles. The predicted molar refractivity (Wildman–Crippen MR) is 86.4 cm³/mol. The second kappa shape index (κ2) is 6.37. The normalized spacial score (nSPS) is 23.4. The Morgan fingerprint density at radius 2 is 2.04 bits per heavy atom. The largest absolute Gasteiger partial charge is 0.381 e. The van der Waals surface area contributed by atoms with E-state index in [1.54, 1.807) is 6.20 Å². The van der Waals surface area contributed by atoms with Gasteiger partial charge in [-0.2, -0.15) is 0 Å².